The largest absolute Gasteiger partial charge is 0.274 e. The van der Waals surface area contributed by atoms with Gasteiger partial charge in [0.2, 0.25) is 11.8 Å². The van der Waals surface area contributed by atoms with Gasteiger partial charge in [-0.05, 0) is 19.9 Å². The summed E-state index contributed by atoms with van der Waals surface area (Å²) in [6.45, 7) is 7.33. The van der Waals surface area contributed by atoms with E-state index in [2.05, 4.69) is 0 Å². The van der Waals surface area contributed by atoms with Gasteiger partial charge in [-0.25, -0.2) is 0 Å². The number of carbonyl (C=O) groups excluding carboxylic acids is 2. The van der Waals surface area contributed by atoms with Crippen molar-refractivity contribution in [3.8, 4) is 0 Å². The molecule has 0 bridgehead atoms. The minimum atomic E-state index is -0.229. The molecule has 0 aromatic carbocycles. The van der Waals surface area contributed by atoms with Crippen LogP contribution in [0.4, 0.5) is 0 Å². The van der Waals surface area contributed by atoms with Crippen molar-refractivity contribution in [2.24, 2.45) is 11.8 Å². The maximum Gasteiger partial charge on any atom is 0.237 e. The third-order valence-corrected chi connectivity index (χ3v) is 3.09. The number of carbonyl (C=O) groups is 2. The molecule has 0 spiro atoms. The molecule has 2 amide bonds. The molecular weight excluding hydrogens is 214 g/mol. The zero-order chi connectivity index (χ0) is 13.0. The van der Waals surface area contributed by atoms with Crippen molar-refractivity contribution in [3.63, 3.8) is 0 Å². The number of amides is 2. The molecule has 1 aliphatic heterocycles. The van der Waals surface area contributed by atoms with E-state index in [0.29, 0.717) is 5.70 Å². The second-order valence-corrected chi connectivity index (χ2v) is 4.19. The SMILES string of the molecule is C\C=C/C=C\C(=C/C)N1C(=O)C(C)C(C)C1=O. The van der Waals surface area contributed by atoms with Gasteiger partial charge >= 0.3 is 0 Å². The minimum Gasteiger partial charge on any atom is -0.274 e. The molecule has 0 aromatic rings. The van der Waals surface area contributed by atoms with E-state index in [1.807, 2.05) is 32.1 Å². The molecule has 0 saturated carbocycles. The molecule has 1 heterocycles. The number of rotatable bonds is 3. The first-order valence-electron chi connectivity index (χ1n) is 5.88. The van der Waals surface area contributed by atoms with Crippen LogP contribution in [0.5, 0.6) is 0 Å². The maximum atomic E-state index is 12.0. The molecule has 92 valence electrons. The molecule has 17 heavy (non-hydrogen) atoms. The Bertz CT molecular complexity index is 384. The Morgan fingerprint density at radius 1 is 1.06 bits per heavy atom. The van der Waals surface area contributed by atoms with E-state index < -0.39 is 0 Å². The summed E-state index contributed by atoms with van der Waals surface area (Å²) in [6, 6.07) is 0. The molecule has 1 fully saturated rings. The smallest absolute Gasteiger partial charge is 0.237 e. The summed E-state index contributed by atoms with van der Waals surface area (Å²) in [7, 11) is 0. The van der Waals surface area contributed by atoms with Gasteiger partial charge in [0, 0.05) is 17.5 Å². The second-order valence-electron chi connectivity index (χ2n) is 4.19. The van der Waals surface area contributed by atoms with Gasteiger partial charge in [-0.3, -0.25) is 14.5 Å². The van der Waals surface area contributed by atoms with Crippen LogP contribution >= 0.6 is 0 Å². The van der Waals surface area contributed by atoms with Crippen LogP contribution in [0.1, 0.15) is 27.7 Å². The summed E-state index contributed by atoms with van der Waals surface area (Å²) in [5.74, 6) is -0.679. The van der Waals surface area contributed by atoms with Crippen molar-refractivity contribution in [2.45, 2.75) is 27.7 Å². The molecule has 0 aliphatic carbocycles. The van der Waals surface area contributed by atoms with Crippen LogP contribution in [-0.2, 0) is 9.59 Å². The van der Waals surface area contributed by atoms with Gasteiger partial charge in [0.1, 0.15) is 0 Å². The average molecular weight is 233 g/mol. The van der Waals surface area contributed by atoms with E-state index in [1.54, 1.807) is 26.0 Å². The second kappa shape index (κ2) is 5.62. The molecule has 0 N–H and O–H groups in total. The lowest BCUT2D eigenvalue weighted by Crippen LogP contribution is -2.29. The number of hydrogen-bond acceptors (Lipinski definition) is 2. The van der Waals surface area contributed by atoms with E-state index in [4.69, 9.17) is 0 Å². The number of nitrogens with zero attached hydrogens (tertiary/aromatic N) is 1. The molecular formula is C14H19NO2. The number of allylic oxidation sites excluding steroid dienone is 5. The first-order valence-corrected chi connectivity index (χ1v) is 5.88. The summed E-state index contributed by atoms with van der Waals surface area (Å²) in [5, 5.41) is 0. The van der Waals surface area contributed by atoms with Crippen LogP contribution in [0.25, 0.3) is 0 Å². The van der Waals surface area contributed by atoms with Crippen molar-refractivity contribution < 1.29 is 9.59 Å². The van der Waals surface area contributed by atoms with Crippen molar-refractivity contribution in [3.05, 3.63) is 36.1 Å². The van der Waals surface area contributed by atoms with Gasteiger partial charge in [0.15, 0.2) is 0 Å². The molecule has 1 aliphatic rings. The van der Waals surface area contributed by atoms with Gasteiger partial charge in [0.05, 0.1) is 0 Å². The highest BCUT2D eigenvalue weighted by Gasteiger charge is 2.43. The lowest BCUT2D eigenvalue weighted by Gasteiger charge is -2.15. The van der Waals surface area contributed by atoms with Gasteiger partial charge in [-0.1, -0.05) is 38.2 Å². The first kappa shape index (κ1) is 13.4. The molecule has 2 atom stereocenters. The van der Waals surface area contributed by atoms with E-state index in [1.165, 1.54) is 4.90 Å². The fourth-order valence-corrected chi connectivity index (χ4v) is 1.76. The van der Waals surface area contributed by atoms with Crippen molar-refractivity contribution >= 4 is 11.8 Å². The normalized spacial score (nSPS) is 26.8. The fraction of sp³-hybridized carbons (Fsp3) is 0.429. The van der Waals surface area contributed by atoms with Crippen molar-refractivity contribution in [2.75, 3.05) is 0 Å². The Morgan fingerprint density at radius 3 is 2.00 bits per heavy atom. The number of imide groups is 1. The molecule has 2 unspecified atom stereocenters. The predicted molar refractivity (Wildman–Crippen MR) is 67.9 cm³/mol. The zero-order valence-electron chi connectivity index (χ0n) is 10.8. The standard InChI is InChI=1S/C14H19NO2/c1-5-7-8-9-12(6-2)15-13(16)10(3)11(4)14(15)17/h5-11H,1-4H3/b7-5-,9-8-,12-6+. The summed E-state index contributed by atoms with van der Waals surface area (Å²) in [4.78, 5) is 25.2. The first-order chi connectivity index (χ1) is 8.04. The molecule has 3 nitrogen and oxygen atoms in total. The summed E-state index contributed by atoms with van der Waals surface area (Å²) in [5.41, 5.74) is 0.648. The van der Waals surface area contributed by atoms with E-state index in [0.717, 1.165) is 0 Å². The van der Waals surface area contributed by atoms with Crippen LogP contribution in [0.15, 0.2) is 36.1 Å². The minimum absolute atomic E-state index is 0.110. The highest BCUT2D eigenvalue weighted by molar-refractivity contribution is 6.06. The van der Waals surface area contributed by atoms with E-state index >= 15 is 0 Å². The van der Waals surface area contributed by atoms with Crippen molar-refractivity contribution in [1.29, 1.82) is 0 Å². The topological polar surface area (TPSA) is 37.4 Å². The van der Waals surface area contributed by atoms with Gasteiger partial charge in [0.25, 0.3) is 0 Å². The fourth-order valence-electron chi connectivity index (χ4n) is 1.76. The van der Waals surface area contributed by atoms with Crippen LogP contribution in [0, 0.1) is 11.8 Å². The van der Waals surface area contributed by atoms with Gasteiger partial charge in [-0.2, -0.15) is 0 Å². The summed E-state index contributed by atoms with van der Waals surface area (Å²) >= 11 is 0. The van der Waals surface area contributed by atoms with Crippen LogP contribution in [0.3, 0.4) is 0 Å². The van der Waals surface area contributed by atoms with E-state index in [9.17, 15) is 9.59 Å². The number of likely N-dealkylation sites (tertiary alicyclic amines) is 1. The highest BCUT2D eigenvalue weighted by Crippen LogP contribution is 2.28. The van der Waals surface area contributed by atoms with Crippen LogP contribution in [0.2, 0.25) is 0 Å². The Labute approximate surface area is 102 Å². The zero-order valence-corrected chi connectivity index (χ0v) is 10.8. The molecule has 0 aromatic heterocycles. The van der Waals surface area contributed by atoms with Gasteiger partial charge < -0.3 is 0 Å². The third kappa shape index (κ3) is 2.54. The summed E-state index contributed by atoms with van der Waals surface area (Å²) in [6.07, 6.45) is 9.13. The predicted octanol–water partition coefficient (Wildman–Crippen LogP) is 2.66. The molecule has 0 radical (unpaired) electrons. The molecule has 1 rings (SSSR count). The van der Waals surface area contributed by atoms with Crippen LogP contribution in [-0.4, -0.2) is 16.7 Å². The van der Waals surface area contributed by atoms with E-state index in [-0.39, 0.29) is 23.7 Å². The lowest BCUT2D eigenvalue weighted by atomic mass is 10.00. The average Bonchev–Trinajstić information content (AvgIpc) is 2.51. The Balaban J connectivity index is 2.98. The maximum absolute atomic E-state index is 12.0. The third-order valence-electron chi connectivity index (χ3n) is 3.09. The van der Waals surface area contributed by atoms with Gasteiger partial charge in [-0.15, -0.1) is 0 Å². The Morgan fingerprint density at radius 2 is 1.59 bits per heavy atom. The summed E-state index contributed by atoms with van der Waals surface area (Å²) < 4.78 is 0. The monoisotopic (exact) mass is 233 g/mol. The van der Waals surface area contributed by atoms with Crippen molar-refractivity contribution in [1.82, 2.24) is 4.90 Å². The lowest BCUT2D eigenvalue weighted by molar-refractivity contribution is -0.137. The molecule has 3 heteroatoms. The molecule has 1 saturated heterocycles. The Kier molecular flexibility index (Phi) is 4.44. The Hall–Kier alpha value is -1.64. The van der Waals surface area contributed by atoms with Crippen LogP contribution < -0.4 is 0 Å². The quantitative estimate of drug-likeness (QED) is 0.555. The number of hydrogen-bond donors (Lipinski definition) is 0. The highest BCUT2D eigenvalue weighted by atomic mass is 16.2.